The van der Waals surface area contributed by atoms with Gasteiger partial charge in [-0.1, -0.05) is 26.7 Å². The predicted octanol–water partition coefficient (Wildman–Crippen LogP) is 1.70. The number of carbonyl (C=O) groups is 2. The number of ether oxygens (including phenoxy) is 1. The first-order valence-electron chi connectivity index (χ1n) is 6.79. The maximum atomic E-state index is 12.1. The lowest BCUT2D eigenvalue weighted by molar-refractivity contribution is -0.147. The summed E-state index contributed by atoms with van der Waals surface area (Å²) < 4.78 is 5.17. The van der Waals surface area contributed by atoms with Crippen molar-refractivity contribution < 1.29 is 19.2 Å². The minimum absolute atomic E-state index is 0.202. The van der Waals surface area contributed by atoms with Crippen molar-refractivity contribution >= 4 is 12.1 Å². The minimum atomic E-state index is -0.602. The fourth-order valence-electron chi connectivity index (χ4n) is 2.69. The standard InChI is InChI=1S/C13H24N2O4/c1-5-7-13(8-6-2)10(9-18-11(13)16)14-12(17)19-15(3)4/h10H,5-9H2,1-4H3,(H,14,17)/t10-/m1/s1. The molecule has 1 amide bonds. The zero-order valence-corrected chi connectivity index (χ0v) is 12.2. The Hall–Kier alpha value is -1.30. The van der Waals surface area contributed by atoms with Gasteiger partial charge in [0.15, 0.2) is 0 Å². The highest BCUT2D eigenvalue weighted by atomic mass is 16.7. The van der Waals surface area contributed by atoms with Crippen LogP contribution in [0.25, 0.3) is 0 Å². The predicted molar refractivity (Wildman–Crippen MR) is 70.3 cm³/mol. The molecule has 0 saturated carbocycles. The summed E-state index contributed by atoms with van der Waals surface area (Å²) in [5.74, 6) is -0.202. The highest BCUT2D eigenvalue weighted by molar-refractivity contribution is 5.81. The lowest BCUT2D eigenvalue weighted by Crippen LogP contribution is -2.49. The zero-order chi connectivity index (χ0) is 14.5. The van der Waals surface area contributed by atoms with Gasteiger partial charge in [-0.15, -0.1) is 5.06 Å². The van der Waals surface area contributed by atoms with E-state index in [0.29, 0.717) is 12.8 Å². The summed E-state index contributed by atoms with van der Waals surface area (Å²) in [6.45, 7) is 4.28. The number of amides is 1. The fraction of sp³-hybridized carbons (Fsp3) is 0.846. The molecular formula is C13H24N2O4. The number of cyclic esters (lactones) is 1. The van der Waals surface area contributed by atoms with E-state index in [0.717, 1.165) is 12.8 Å². The van der Waals surface area contributed by atoms with E-state index in [1.807, 2.05) is 13.8 Å². The van der Waals surface area contributed by atoms with Crippen LogP contribution in [0.5, 0.6) is 0 Å². The van der Waals surface area contributed by atoms with Crippen molar-refractivity contribution in [1.29, 1.82) is 0 Å². The Kier molecular flexibility index (Phi) is 5.60. The third-order valence-electron chi connectivity index (χ3n) is 3.40. The molecule has 110 valence electrons. The van der Waals surface area contributed by atoms with Gasteiger partial charge in [-0.25, -0.2) is 4.79 Å². The number of hydrogen-bond donors (Lipinski definition) is 1. The summed E-state index contributed by atoms with van der Waals surface area (Å²) in [7, 11) is 3.25. The number of esters is 1. The van der Waals surface area contributed by atoms with Gasteiger partial charge in [0.05, 0.1) is 11.5 Å². The Morgan fingerprint density at radius 3 is 2.47 bits per heavy atom. The molecule has 1 heterocycles. The molecule has 19 heavy (non-hydrogen) atoms. The minimum Gasteiger partial charge on any atom is -0.463 e. The van der Waals surface area contributed by atoms with Crippen molar-refractivity contribution in [1.82, 2.24) is 10.4 Å². The number of nitrogens with zero attached hydrogens (tertiary/aromatic N) is 1. The number of carbonyl (C=O) groups excluding carboxylic acids is 2. The van der Waals surface area contributed by atoms with Crippen LogP contribution >= 0.6 is 0 Å². The largest absolute Gasteiger partial charge is 0.463 e. The molecule has 0 aromatic carbocycles. The van der Waals surface area contributed by atoms with E-state index in [-0.39, 0.29) is 18.6 Å². The first-order valence-corrected chi connectivity index (χ1v) is 6.79. The van der Waals surface area contributed by atoms with Crippen LogP contribution < -0.4 is 5.32 Å². The Labute approximate surface area is 114 Å². The van der Waals surface area contributed by atoms with Crippen LogP contribution in [0, 0.1) is 5.41 Å². The molecule has 0 spiro atoms. The summed E-state index contributed by atoms with van der Waals surface area (Å²) >= 11 is 0. The molecule has 1 fully saturated rings. The van der Waals surface area contributed by atoms with E-state index < -0.39 is 11.5 Å². The van der Waals surface area contributed by atoms with Crippen molar-refractivity contribution in [3.05, 3.63) is 0 Å². The molecule has 1 N–H and O–H groups in total. The molecule has 1 aliphatic rings. The molecule has 1 aliphatic heterocycles. The van der Waals surface area contributed by atoms with Crippen LogP contribution in [-0.2, 0) is 14.4 Å². The van der Waals surface area contributed by atoms with Gasteiger partial charge in [-0.3, -0.25) is 4.79 Å². The van der Waals surface area contributed by atoms with Gasteiger partial charge in [-0.05, 0) is 12.8 Å². The number of nitrogens with one attached hydrogen (secondary N) is 1. The van der Waals surface area contributed by atoms with E-state index in [1.165, 1.54) is 5.06 Å². The van der Waals surface area contributed by atoms with Gasteiger partial charge in [-0.2, -0.15) is 0 Å². The first-order chi connectivity index (χ1) is 8.96. The molecule has 0 radical (unpaired) electrons. The third kappa shape index (κ3) is 3.59. The van der Waals surface area contributed by atoms with Gasteiger partial charge in [0.2, 0.25) is 0 Å². The smallest absolute Gasteiger partial charge is 0.426 e. The molecule has 6 heteroatoms. The van der Waals surface area contributed by atoms with Crippen molar-refractivity contribution in [2.75, 3.05) is 20.7 Å². The second-order valence-electron chi connectivity index (χ2n) is 5.14. The summed E-state index contributed by atoms with van der Waals surface area (Å²) in [5, 5.41) is 4.07. The van der Waals surface area contributed by atoms with Gasteiger partial charge < -0.3 is 14.9 Å². The van der Waals surface area contributed by atoms with E-state index in [2.05, 4.69) is 5.32 Å². The number of hydroxylamine groups is 2. The Balaban J connectivity index is 2.79. The van der Waals surface area contributed by atoms with E-state index in [9.17, 15) is 9.59 Å². The Morgan fingerprint density at radius 2 is 2.00 bits per heavy atom. The van der Waals surface area contributed by atoms with Crippen LogP contribution in [0.15, 0.2) is 0 Å². The van der Waals surface area contributed by atoms with E-state index in [4.69, 9.17) is 9.57 Å². The SMILES string of the molecule is CCCC1(CCC)C(=O)OC[C@H]1NC(=O)ON(C)C. The second-order valence-corrected chi connectivity index (χ2v) is 5.14. The highest BCUT2D eigenvalue weighted by Crippen LogP contribution is 2.39. The first kappa shape index (κ1) is 15.8. The molecular weight excluding hydrogens is 248 g/mol. The van der Waals surface area contributed by atoms with Crippen LogP contribution in [0.4, 0.5) is 4.79 Å². The monoisotopic (exact) mass is 272 g/mol. The van der Waals surface area contributed by atoms with Crippen LogP contribution in [-0.4, -0.2) is 43.9 Å². The molecule has 1 saturated heterocycles. The Bertz CT molecular complexity index is 325. The van der Waals surface area contributed by atoms with Gasteiger partial charge in [0.1, 0.15) is 6.61 Å². The summed E-state index contributed by atoms with van der Waals surface area (Å²) in [6, 6.07) is -0.313. The molecule has 0 unspecified atom stereocenters. The quantitative estimate of drug-likeness (QED) is 0.589. The van der Waals surface area contributed by atoms with Gasteiger partial charge >= 0.3 is 12.1 Å². The normalized spacial score (nSPS) is 21.3. The topological polar surface area (TPSA) is 67.9 Å². The number of rotatable bonds is 6. The highest BCUT2D eigenvalue weighted by Gasteiger charge is 2.51. The molecule has 0 aliphatic carbocycles. The van der Waals surface area contributed by atoms with Crippen molar-refractivity contribution in [3.8, 4) is 0 Å². The molecule has 1 rings (SSSR count). The van der Waals surface area contributed by atoms with Crippen LogP contribution in [0.1, 0.15) is 39.5 Å². The second kappa shape index (κ2) is 6.75. The van der Waals surface area contributed by atoms with Crippen molar-refractivity contribution in [2.24, 2.45) is 5.41 Å². The van der Waals surface area contributed by atoms with Crippen molar-refractivity contribution in [3.63, 3.8) is 0 Å². The lowest BCUT2D eigenvalue weighted by atomic mass is 9.75. The van der Waals surface area contributed by atoms with Gasteiger partial charge in [0.25, 0.3) is 0 Å². The van der Waals surface area contributed by atoms with Crippen LogP contribution in [0.2, 0.25) is 0 Å². The summed E-state index contributed by atoms with van der Waals surface area (Å²) in [6.07, 6.45) is 2.62. The molecule has 0 bridgehead atoms. The molecule has 0 aromatic heterocycles. The zero-order valence-electron chi connectivity index (χ0n) is 12.2. The number of hydrogen-bond acceptors (Lipinski definition) is 5. The van der Waals surface area contributed by atoms with Gasteiger partial charge in [0, 0.05) is 14.1 Å². The average Bonchev–Trinajstić information content (AvgIpc) is 2.58. The van der Waals surface area contributed by atoms with Crippen molar-refractivity contribution in [2.45, 2.75) is 45.6 Å². The van der Waals surface area contributed by atoms with E-state index >= 15 is 0 Å². The average molecular weight is 272 g/mol. The fourth-order valence-corrected chi connectivity index (χ4v) is 2.69. The maximum absolute atomic E-state index is 12.1. The third-order valence-corrected chi connectivity index (χ3v) is 3.40. The summed E-state index contributed by atoms with van der Waals surface area (Å²) in [4.78, 5) is 28.6. The lowest BCUT2D eigenvalue weighted by Gasteiger charge is -2.30. The Morgan fingerprint density at radius 1 is 1.42 bits per heavy atom. The molecule has 1 atom stereocenters. The maximum Gasteiger partial charge on any atom is 0.426 e. The summed E-state index contributed by atoms with van der Waals surface area (Å²) in [5.41, 5.74) is -0.602. The molecule has 6 nitrogen and oxygen atoms in total. The van der Waals surface area contributed by atoms with Crippen LogP contribution in [0.3, 0.4) is 0 Å². The molecule has 0 aromatic rings. The van der Waals surface area contributed by atoms with E-state index in [1.54, 1.807) is 14.1 Å².